The molecule has 0 spiro atoms. The lowest BCUT2D eigenvalue weighted by Gasteiger charge is -2.14. The van der Waals surface area contributed by atoms with Crippen molar-refractivity contribution in [2.24, 2.45) is 10.2 Å². The number of amidine groups is 1. The van der Waals surface area contributed by atoms with Gasteiger partial charge in [0.05, 0.1) is 30.0 Å². The second-order valence-electron chi connectivity index (χ2n) is 9.15. The van der Waals surface area contributed by atoms with E-state index in [1.54, 1.807) is 23.4 Å². The van der Waals surface area contributed by atoms with E-state index in [4.69, 9.17) is 21.1 Å². The maximum Gasteiger partial charge on any atom is 0.242 e. The van der Waals surface area contributed by atoms with Crippen molar-refractivity contribution >= 4 is 40.7 Å². The van der Waals surface area contributed by atoms with Crippen LogP contribution in [0.25, 0.3) is 16.9 Å². The van der Waals surface area contributed by atoms with Gasteiger partial charge in [-0.1, -0.05) is 84.0 Å². The van der Waals surface area contributed by atoms with Crippen LogP contribution in [0.4, 0.5) is 0 Å². The van der Waals surface area contributed by atoms with Crippen molar-refractivity contribution in [3.63, 3.8) is 0 Å². The van der Waals surface area contributed by atoms with E-state index >= 15 is 0 Å². The smallest absolute Gasteiger partial charge is 0.242 e. The van der Waals surface area contributed by atoms with Gasteiger partial charge >= 0.3 is 0 Å². The van der Waals surface area contributed by atoms with Crippen LogP contribution in [-0.2, 0) is 17.8 Å². The Balaban J connectivity index is 1.31. The zero-order chi connectivity index (χ0) is 27.3. The molecule has 1 aliphatic rings. The molecule has 6 rings (SSSR count). The molecule has 198 valence electrons. The van der Waals surface area contributed by atoms with Gasteiger partial charge in [-0.25, -0.2) is 4.68 Å². The molecule has 0 bridgehead atoms. The Bertz CT molecular complexity index is 1670. The Morgan fingerprint density at radius 1 is 0.975 bits per heavy atom. The van der Waals surface area contributed by atoms with Crippen molar-refractivity contribution < 1.29 is 9.21 Å². The van der Waals surface area contributed by atoms with E-state index in [1.165, 1.54) is 11.8 Å². The third-order valence-electron chi connectivity index (χ3n) is 6.37. The summed E-state index contributed by atoms with van der Waals surface area (Å²) in [4.78, 5) is 15.1. The highest BCUT2D eigenvalue weighted by Crippen LogP contribution is 2.32. The van der Waals surface area contributed by atoms with Crippen LogP contribution in [-0.4, -0.2) is 37.2 Å². The quantitative estimate of drug-likeness (QED) is 0.152. The second kappa shape index (κ2) is 11.8. The molecule has 1 amide bonds. The van der Waals surface area contributed by atoms with Crippen LogP contribution < -0.4 is 0 Å². The molecule has 5 aromatic rings. The predicted octanol–water partition coefficient (Wildman–Crippen LogP) is 6.86. The summed E-state index contributed by atoms with van der Waals surface area (Å²) in [6, 6.07) is 31.1. The van der Waals surface area contributed by atoms with E-state index in [2.05, 4.69) is 10.2 Å². The second-order valence-corrected chi connectivity index (χ2v) is 10.8. The summed E-state index contributed by atoms with van der Waals surface area (Å²) in [7, 11) is 0. The number of amides is 1. The standard InChI is InChI=1S/C31H24ClN5O2S/c32-25-12-7-9-22(17-25)18-28-30(38)36(21-27-15-8-16-39-27)31(40-28)34-33-19-24-20-37(26-13-5-2-6-14-26)35-29(24)23-10-3-1-4-11-23/h1-17,19-20,28H,18,21H2. The number of rotatable bonds is 8. The lowest BCUT2D eigenvalue weighted by molar-refractivity contribution is -0.126. The highest BCUT2D eigenvalue weighted by Gasteiger charge is 2.38. The van der Waals surface area contributed by atoms with Gasteiger partial charge in [-0.2, -0.15) is 10.2 Å². The molecular formula is C31H24ClN5O2S. The van der Waals surface area contributed by atoms with E-state index < -0.39 is 0 Å². The summed E-state index contributed by atoms with van der Waals surface area (Å²) in [5, 5.41) is 14.6. The number of halogens is 1. The first-order valence-electron chi connectivity index (χ1n) is 12.7. The average Bonchev–Trinajstić information content (AvgIpc) is 3.72. The average molecular weight is 566 g/mol. The van der Waals surface area contributed by atoms with Crippen molar-refractivity contribution in [1.82, 2.24) is 14.7 Å². The first kappa shape index (κ1) is 25.9. The van der Waals surface area contributed by atoms with E-state index in [9.17, 15) is 4.79 Å². The minimum atomic E-state index is -0.344. The van der Waals surface area contributed by atoms with Crippen LogP contribution >= 0.6 is 23.4 Å². The van der Waals surface area contributed by atoms with Gasteiger partial charge in [0.15, 0.2) is 5.17 Å². The van der Waals surface area contributed by atoms with Gasteiger partial charge in [0, 0.05) is 22.3 Å². The van der Waals surface area contributed by atoms with E-state index in [0.717, 1.165) is 28.1 Å². The largest absolute Gasteiger partial charge is 0.467 e. The SMILES string of the molecule is O=C1C(Cc2cccc(Cl)c2)SC(=NN=Cc2cn(-c3ccccc3)nc2-c2ccccc2)N1Cc1ccco1. The van der Waals surface area contributed by atoms with Crippen LogP contribution in [0.1, 0.15) is 16.9 Å². The summed E-state index contributed by atoms with van der Waals surface area (Å²) < 4.78 is 7.35. The number of para-hydroxylation sites is 1. The molecule has 7 nitrogen and oxygen atoms in total. The molecule has 1 atom stereocenters. The monoisotopic (exact) mass is 565 g/mol. The number of carbonyl (C=O) groups excluding carboxylic acids is 1. The van der Waals surface area contributed by atoms with Gasteiger partial charge in [0.1, 0.15) is 11.5 Å². The Morgan fingerprint density at radius 2 is 1.77 bits per heavy atom. The lowest BCUT2D eigenvalue weighted by atomic mass is 10.1. The number of aromatic nitrogens is 2. The number of nitrogens with zero attached hydrogens (tertiary/aromatic N) is 5. The Kier molecular flexibility index (Phi) is 7.61. The van der Waals surface area contributed by atoms with Crippen molar-refractivity contribution in [3.8, 4) is 16.9 Å². The van der Waals surface area contributed by atoms with Gasteiger partial charge in [0.25, 0.3) is 0 Å². The molecule has 3 aromatic carbocycles. The number of furan rings is 1. The van der Waals surface area contributed by atoms with Crippen LogP contribution in [0.5, 0.6) is 0 Å². The molecule has 1 unspecified atom stereocenters. The zero-order valence-electron chi connectivity index (χ0n) is 21.3. The number of benzene rings is 3. The fourth-order valence-electron chi connectivity index (χ4n) is 4.45. The number of hydrogen-bond donors (Lipinski definition) is 0. The summed E-state index contributed by atoms with van der Waals surface area (Å²) in [6.45, 7) is 0.278. The van der Waals surface area contributed by atoms with Gasteiger partial charge < -0.3 is 4.42 Å². The zero-order valence-corrected chi connectivity index (χ0v) is 22.9. The molecule has 1 fully saturated rings. The topological polar surface area (TPSA) is 76.0 Å². The molecule has 1 aliphatic heterocycles. The van der Waals surface area contributed by atoms with E-state index in [0.29, 0.717) is 22.4 Å². The Morgan fingerprint density at radius 3 is 2.52 bits per heavy atom. The van der Waals surface area contributed by atoms with Gasteiger partial charge in [0.2, 0.25) is 5.91 Å². The predicted molar refractivity (Wildman–Crippen MR) is 160 cm³/mol. The van der Waals surface area contributed by atoms with Crippen LogP contribution in [0.2, 0.25) is 5.02 Å². The Hall–Kier alpha value is -4.40. The van der Waals surface area contributed by atoms with E-state index in [-0.39, 0.29) is 17.7 Å². The van der Waals surface area contributed by atoms with Crippen molar-refractivity contribution in [2.75, 3.05) is 0 Å². The highest BCUT2D eigenvalue weighted by atomic mass is 35.5. The van der Waals surface area contributed by atoms with Crippen molar-refractivity contribution in [2.45, 2.75) is 18.2 Å². The van der Waals surface area contributed by atoms with Crippen LogP contribution in [0.3, 0.4) is 0 Å². The normalized spacial score (nSPS) is 16.4. The fourth-order valence-corrected chi connectivity index (χ4v) is 5.80. The van der Waals surface area contributed by atoms with Crippen molar-refractivity contribution in [3.05, 3.63) is 131 Å². The van der Waals surface area contributed by atoms with Gasteiger partial charge in [-0.15, -0.1) is 5.10 Å². The minimum absolute atomic E-state index is 0.0443. The van der Waals surface area contributed by atoms with E-state index in [1.807, 2.05) is 102 Å². The molecule has 3 heterocycles. The lowest BCUT2D eigenvalue weighted by Crippen LogP contribution is -2.32. The first-order chi connectivity index (χ1) is 19.6. The molecule has 0 aliphatic carbocycles. The summed E-state index contributed by atoms with van der Waals surface area (Å²) in [5.74, 6) is 0.627. The molecule has 0 N–H and O–H groups in total. The summed E-state index contributed by atoms with van der Waals surface area (Å²) >= 11 is 7.57. The van der Waals surface area contributed by atoms with Crippen molar-refractivity contribution in [1.29, 1.82) is 0 Å². The molecule has 9 heteroatoms. The number of thioether (sulfide) groups is 1. The fraction of sp³-hybridized carbons (Fsp3) is 0.0968. The minimum Gasteiger partial charge on any atom is -0.467 e. The summed E-state index contributed by atoms with van der Waals surface area (Å²) in [6.07, 6.45) is 5.74. The molecule has 40 heavy (non-hydrogen) atoms. The third-order valence-corrected chi connectivity index (χ3v) is 7.78. The molecule has 0 saturated carbocycles. The molecule has 2 aromatic heterocycles. The van der Waals surface area contributed by atoms with Crippen LogP contribution in [0, 0.1) is 0 Å². The number of hydrogen-bond acceptors (Lipinski definition) is 6. The number of carbonyl (C=O) groups is 1. The third kappa shape index (κ3) is 5.78. The van der Waals surface area contributed by atoms with Crippen LogP contribution in [0.15, 0.2) is 124 Å². The molecular weight excluding hydrogens is 542 g/mol. The summed E-state index contributed by atoms with van der Waals surface area (Å²) in [5.41, 5.74) is 4.49. The van der Waals surface area contributed by atoms with Gasteiger partial charge in [-0.05, 0) is 48.4 Å². The molecule has 0 radical (unpaired) electrons. The Labute approximate surface area is 240 Å². The maximum absolute atomic E-state index is 13.4. The van der Waals surface area contributed by atoms with Gasteiger partial charge in [-0.3, -0.25) is 9.69 Å². The maximum atomic E-state index is 13.4. The first-order valence-corrected chi connectivity index (χ1v) is 14.0. The molecule has 1 saturated heterocycles. The highest BCUT2D eigenvalue weighted by molar-refractivity contribution is 8.15.